The van der Waals surface area contributed by atoms with Crippen molar-refractivity contribution in [2.45, 2.75) is 125 Å². The molecule has 22 heteroatoms. The molecule has 1 aliphatic carbocycles. The number of nitrogens with one attached hydrogen (secondary N) is 1. The van der Waals surface area contributed by atoms with Crippen LogP contribution >= 0.6 is 8.03 Å². The van der Waals surface area contributed by atoms with Crippen molar-refractivity contribution >= 4 is 70.2 Å². The monoisotopic (exact) mass is 1180 g/mol. The lowest BCUT2D eigenvalue weighted by molar-refractivity contribution is -0.164. The van der Waals surface area contributed by atoms with Gasteiger partial charge in [-0.05, 0) is 44.0 Å². The Balaban J connectivity index is 1.23. The molecule has 5 bridgehead atoms. The van der Waals surface area contributed by atoms with Crippen LogP contribution in [0.1, 0.15) is 104 Å². The summed E-state index contributed by atoms with van der Waals surface area (Å²) in [5.41, 5.74) is -1.89. The first-order valence-corrected chi connectivity index (χ1v) is 29.5. The van der Waals surface area contributed by atoms with Crippen molar-refractivity contribution in [1.29, 1.82) is 0 Å². The summed E-state index contributed by atoms with van der Waals surface area (Å²) in [7, 11) is -1.81. The Bertz CT molecular complexity index is 3550. The third kappa shape index (κ3) is 12.5. The van der Waals surface area contributed by atoms with Crippen LogP contribution in [0.3, 0.4) is 0 Å². The molecule has 452 valence electrons. The van der Waals surface area contributed by atoms with Crippen LogP contribution in [0, 0.1) is 36.5 Å². The number of methoxy groups -OCH3 is 1. The van der Waals surface area contributed by atoms with Gasteiger partial charge in [0.2, 0.25) is 13.5 Å². The Morgan fingerprint density at radius 2 is 1.64 bits per heavy atom. The third-order valence-electron chi connectivity index (χ3n) is 16.5. The molecular weight excluding hydrogens is 1100 g/mol. The quantitative estimate of drug-likeness (QED) is 0.0255. The second kappa shape index (κ2) is 24.8. The van der Waals surface area contributed by atoms with E-state index in [9.17, 15) is 44.3 Å². The molecule has 3 aromatic carbocycles. The third-order valence-corrected chi connectivity index (χ3v) is 17.3. The number of hydrogen-bond acceptors (Lipinski definition) is 19. The van der Waals surface area contributed by atoms with E-state index in [-0.39, 0.29) is 79.2 Å². The van der Waals surface area contributed by atoms with Gasteiger partial charge in [-0.2, -0.15) is 0 Å². The van der Waals surface area contributed by atoms with Gasteiger partial charge in [-0.3, -0.25) is 33.4 Å². The summed E-state index contributed by atoms with van der Waals surface area (Å²) in [5.74, 6) is -9.14. The average Bonchev–Trinajstić information content (AvgIpc) is 1.36. The van der Waals surface area contributed by atoms with Crippen LogP contribution in [0.5, 0.6) is 23.0 Å². The van der Waals surface area contributed by atoms with Crippen LogP contribution in [-0.4, -0.2) is 129 Å². The molecule has 6 N–H and O–H groups in total. The first-order chi connectivity index (χ1) is 39.5. The number of aromatic hydroxyl groups is 2. The molecule has 0 radical (unpaired) electrons. The van der Waals surface area contributed by atoms with Gasteiger partial charge in [0, 0.05) is 128 Å². The molecule has 21 nitrogen and oxygen atoms in total. The van der Waals surface area contributed by atoms with Gasteiger partial charge in [-0.1, -0.05) is 73.6 Å². The first kappa shape index (κ1) is 62.9. The van der Waals surface area contributed by atoms with E-state index in [0.29, 0.717) is 24.7 Å². The summed E-state index contributed by atoms with van der Waals surface area (Å²) < 4.78 is 49.1. The number of aromatic nitrogens is 1. The van der Waals surface area contributed by atoms with E-state index in [1.165, 1.54) is 65.2 Å². The SMILES string of the molecule is CO[C@H]1/C=C/O[C@@]2(C)Oc3c(C)c(O)c4c(=O)c(c5oc6cc(N7CCN(CC(C)C)CC7)cc(O)c6nc-5c4c3C2=O)NC(=O)/C(C)=C\C=C\[C@H](C)[C@H](O)[C@@H](C)[C@@H](O)[C@@H](C)[C@H](OC(=O)CC(C)(C)c2cc([PH](=O)O)ccc2OC(C)=O)[C@@H]1C. The Morgan fingerprint density at radius 1 is 0.952 bits per heavy atom. The van der Waals surface area contributed by atoms with E-state index in [1.54, 1.807) is 65.8 Å². The standard InChI is InChI=1S/C62H77N4O17P/c1-30(2)29-65-20-22-66(23-21-65)38-25-41(68)49-44(26-38)81-58-50(63-49)46-47-54(72)36(8)57-48(46)59(74)62(12,83-57)79-24-19-42(78-13)33(5)56(82-45(69)28-61(10,11)40-27-39(84(76)77)17-18-43(40)80-37(9)67)35(7)53(71)34(6)52(70)31(3)15-14-16-32(4)60(75)64-51(58)55(47)73/h14-19,24-27,30-31,33-35,42,52-53,56,68,70-72,84H,20-23,28-29H2,1-13H3,(H,64,75)(H,76,77)/b15-14+,24-19+,32-16-/t31-,33+,34+,35+,42-,52-,53+,56+,62-/m0/s1. The zero-order chi connectivity index (χ0) is 61.6. The number of fused-ring (bicyclic) bond motifs is 14. The number of nitrogens with zero attached hydrogens (tertiary/aromatic N) is 3. The normalized spacial score (nSPS) is 26.6. The minimum atomic E-state index is -3.20. The van der Waals surface area contributed by atoms with E-state index in [4.69, 9.17) is 33.1 Å². The molecule has 1 fully saturated rings. The molecule has 0 aromatic heterocycles. The summed E-state index contributed by atoms with van der Waals surface area (Å²) >= 11 is 0. The summed E-state index contributed by atoms with van der Waals surface area (Å²) in [5, 5.41) is 49.8. The number of aliphatic hydroxyl groups excluding tert-OH is 2. The fourth-order valence-electron chi connectivity index (χ4n) is 11.7. The maximum atomic E-state index is 15.1. The number of carbonyl (C=O) groups is 4. The molecule has 1 unspecified atom stereocenters. The first-order valence-electron chi connectivity index (χ1n) is 28.2. The molecule has 0 spiro atoms. The number of ether oxygens (including phenoxy) is 5. The topological polar surface area (TPSA) is 294 Å². The highest BCUT2D eigenvalue weighted by molar-refractivity contribution is 7.47. The van der Waals surface area contributed by atoms with Crippen LogP contribution in [0.25, 0.3) is 33.3 Å². The number of Topliss-reactive ketones (excluding diaryl/α,β-unsaturated/α-hetero) is 1. The van der Waals surface area contributed by atoms with Gasteiger partial charge in [-0.15, -0.1) is 0 Å². The predicted molar refractivity (Wildman–Crippen MR) is 317 cm³/mol. The molecule has 84 heavy (non-hydrogen) atoms. The van der Waals surface area contributed by atoms with E-state index < -0.39 is 113 Å². The number of esters is 2. The van der Waals surface area contributed by atoms with Gasteiger partial charge in [0.05, 0.1) is 41.9 Å². The van der Waals surface area contributed by atoms with Crippen molar-refractivity contribution in [3.05, 3.63) is 93.4 Å². The second-order valence-electron chi connectivity index (χ2n) is 23.8. The van der Waals surface area contributed by atoms with Crippen molar-refractivity contribution in [2.75, 3.05) is 50.1 Å². The van der Waals surface area contributed by atoms with Crippen molar-refractivity contribution in [3.63, 3.8) is 0 Å². The van der Waals surface area contributed by atoms with Gasteiger partial charge in [0.25, 0.3) is 11.7 Å². The number of phenolic OH excluding ortho intramolecular Hbond substituents is 2. The number of carbonyl (C=O) groups excluding carboxylic acids is 4. The van der Waals surface area contributed by atoms with E-state index in [0.717, 1.165) is 25.9 Å². The molecule has 5 heterocycles. The molecule has 0 saturated carbocycles. The molecule has 5 aliphatic heterocycles. The summed E-state index contributed by atoms with van der Waals surface area (Å²) in [6.45, 7) is 23.6. The van der Waals surface area contributed by atoms with Crippen LogP contribution in [-0.2, 0) is 38.6 Å². The van der Waals surface area contributed by atoms with Crippen LogP contribution in [0.4, 0.5) is 11.4 Å². The molecule has 6 aliphatic rings. The van der Waals surface area contributed by atoms with Crippen LogP contribution in [0.2, 0.25) is 0 Å². The minimum Gasteiger partial charge on any atom is -0.507 e. The second-order valence-corrected chi connectivity index (χ2v) is 25.0. The van der Waals surface area contributed by atoms with Gasteiger partial charge >= 0.3 is 17.7 Å². The average molecular weight is 1180 g/mol. The predicted octanol–water partition coefficient (Wildman–Crippen LogP) is 7.80. The smallest absolute Gasteiger partial charge is 0.312 e. The fraction of sp³-hybridized carbons (Fsp3) is 0.484. The summed E-state index contributed by atoms with van der Waals surface area (Å²) in [4.78, 5) is 90.3. The van der Waals surface area contributed by atoms with Gasteiger partial charge in [0.15, 0.2) is 11.3 Å². The van der Waals surface area contributed by atoms with Crippen molar-refractivity contribution in [2.24, 2.45) is 29.6 Å². The highest BCUT2D eigenvalue weighted by Crippen LogP contribution is 2.51. The number of rotatable bonds is 10. The Morgan fingerprint density at radius 3 is 2.29 bits per heavy atom. The highest BCUT2D eigenvalue weighted by Gasteiger charge is 2.50. The lowest BCUT2D eigenvalue weighted by Gasteiger charge is -2.38. The van der Waals surface area contributed by atoms with Gasteiger partial charge < -0.3 is 63.6 Å². The Labute approximate surface area is 488 Å². The van der Waals surface area contributed by atoms with Crippen molar-refractivity contribution in [3.8, 4) is 34.5 Å². The number of anilines is 2. The van der Waals surface area contributed by atoms with E-state index in [2.05, 4.69) is 29.0 Å². The maximum absolute atomic E-state index is 15.1. The number of ketones is 1. The molecule has 3 aromatic rings. The maximum Gasteiger partial charge on any atom is 0.312 e. The molecule has 9 rings (SSSR count). The van der Waals surface area contributed by atoms with Gasteiger partial charge in [0.1, 0.15) is 46.0 Å². The van der Waals surface area contributed by atoms with Crippen LogP contribution in [0.15, 0.2) is 75.7 Å². The fourth-order valence-corrected chi connectivity index (χ4v) is 12.2. The van der Waals surface area contributed by atoms with Crippen LogP contribution < -0.4 is 30.4 Å². The summed E-state index contributed by atoms with van der Waals surface area (Å²) in [6, 6.07) is 7.39. The zero-order valence-corrected chi connectivity index (χ0v) is 50.7. The van der Waals surface area contributed by atoms with E-state index in [1.807, 2.05) is 0 Å². The largest absolute Gasteiger partial charge is 0.507 e. The Kier molecular flexibility index (Phi) is 18.6. The zero-order valence-electron chi connectivity index (χ0n) is 49.7. The number of benzene rings is 4. The molecule has 10 atom stereocenters. The molecule has 1 saturated heterocycles. The lowest BCUT2D eigenvalue weighted by atomic mass is 9.78. The number of piperazine rings is 1. The number of amides is 1. The number of hydrogen-bond donors (Lipinski definition) is 6. The summed E-state index contributed by atoms with van der Waals surface area (Å²) in [6.07, 6.45) is 2.20. The van der Waals surface area contributed by atoms with Gasteiger partial charge in [-0.25, -0.2) is 4.98 Å². The van der Waals surface area contributed by atoms with E-state index >= 15 is 9.59 Å². The van der Waals surface area contributed by atoms with Crippen molar-refractivity contribution < 1.29 is 77.2 Å². The van der Waals surface area contributed by atoms with Crippen molar-refractivity contribution in [1.82, 2.24) is 9.88 Å². The molecule has 1 amide bonds. The highest BCUT2D eigenvalue weighted by atomic mass is 31.1. The lowest BCUT2D eigenvalue weighted by Crippen LogP contribution is -2.47. The molecular formula is C62H77N4O17P. The minimum absolute atomic E-state index is 0.0182. The number of phenols is 2. The Hall–Kier alpha value is -7.13. The number of aliphatic hydroxyl groups is 2. The number of allylic oxidation sites excluding steroid dienone is 2.